The summed E-state index contributed by atoms with van der Waals surface area (Å²) in [5.74, 6) is 0.734. The number of carbonyl (C=O) groups excluding carboxylic acids is 2. The van der Waals surface area contributed by atoms with Crippen molar-refractivity contribution in [2.45, 2.75) is 50.9 Å². The first-order valence-corrected chi connectivity index (χ1v) is 14.5. The molecule has 2 atom stereocenters. The van der Waals surface area contributed by atoms with E-state index in [0.717, 1.165) is 28.7 Å². The molecule has 6 rings (SSSR count). The van der Waals surface area contributed by atoms with E-state index in [1.165, 1.54) is 19.2 Å². The minimum absolute atomic E-state index is 0.104. The zero-order valence-electron chi connectivity index (χ0n) is 24.6. The number of halogens is 1. The summed E-state index contributed by atoms with van der Waals surface area (Å²) in [5.41, 5.74) is 4.91. The molecule has 3 aliphatic heterocycles. The van der Waals surface area contributed by atoms with Gasteiger partial charge in [0.15, 0.2) is 11.5 Å². The predicted molar refractivity (Wildman–Crippen MR) is 158 cm³/mol. The van der Waals surface area contributed by atoms with Gasteiger partial charge in [-0.05, 0) is 72.2 Å². The fraction of sp³-hybridized carbons (Fsp3) is 0.353. The quantitative estimate of drug-likeness (QED) is 0.328. The summed E-state index contributed by atoms with van der Waals surface area (Å²) in [6.45, 7) is 1.24. The van der Waals surface area contributed by atoms with Gasteiger partial charge in [0.05, 0.1) is 32.9 Å². The SMILES string of the molecule is COC(=O)C1=C(c2ccc(F)cc2OCc2ccccc2)C[C@@H]2CC[C@H]1N2C(=O)N1CCc2cc(OC)c(OC)cc2C1. The minimum Gasteiger partial charge on any atom is -0.493 e. The maximum atomic E-state index is 14.4. The second kappa shape index (κ2) is 12.0. The summed E-state index contributed by atoms with van der Waals surface area (Å²) in [7, 11) is 4.56. The molecule has 2 bridgehead atoms. The van der Waals surface area contributed by atoms with Crippen LogP contribution in [0.1, 0.15) is 41.5 Å². The van der Waals surface area contributed by atoms with Crippen molar-refractivity contribution in [1.82, 2.24) is 9.80 Å². The van der Waals surface area contributed by atoms with E-state index in [2.05, 4.69) is 0 Å². The van der Waals surface area contributed by atoms with Crippen LogP contribution in [0.25, 0.3) is 5.57 Å². The van der Waals surface area contributed by atoms with Crippen LogP contribution in [0.5, 0.6) is 17.2 Å². The molecule has 0 saturated carbocycles. The normalized spacial score (nSPS) is 19.2. The van der Waals surface area contributed by atoms with Crippen LogP contribution >= 0.6 is 0 Å². The molecule has 3 aromatic rings. The van der Waals surface area contributed by atoms with Gasteiger partial charge in [0.25, 0.3) is 0 Å². The Hall–Kier alpha value is -4.53. The third kappa shape index (κ3) is 5.40. The summed E-state index contributed by atoms with van der Waals surface area (Å²) in [4.78, 5) is 31.2. The molecule has 43 heavy (non-hydrogen) atoms. The molecular formula is C34H35FN2O6. The Morgan fingerprint density at radius 1 is 0.907 bits per heavy atom. The highest BCUT2D eigenvalue weighted by atomic mass is 19.1. The van der Waals surface area contributed by atoms with Crippen LogP contribution in [0.4, 0.5) is 9.18 Å². The number of benzene rings is 3. The lowest BCUT2D eigenvalue weighted by atomic mass is 9.87. The lowest BCUT2D eigenvalue weighted by Crippen LogP contribution is -2.53. The van der Waals surface area contributed by atoms with E-state index >= 15 is 0 Å². The first kappa shape index (κ1) is 28.6. The van der Waals surface area contributed by atoms with Gasteiger partial charge in [-0.15, -0.1) is 0 Å². The number of hydrogen-bond donors (Lipinski definition) is 0. The van der Waals surface area contributed by atoms with Crippen molar-refractivity contribution in [3.05, 3.63) is 94.3 Å². The molecule has 1 fully saturated rings. The highest BCUT2D eigenvalue weighted by Gasteiger charge is 2.48. The summed E-state index contributed by atoms with van der Waals surface area (Å²) in [6.07, 6.45) is 2.52. The van der Waals surface area contributed by atoms with Crippen LogP contribution < -0.4 is 14.2 Å². The smallest absolute Gasteiger partial charge is 0.336 e. The number of methoxy groups -OCH3 is 3. The van der Waals surface area contributed by atoms with Crippen LogP contribution in [0.3, 0.4) is 0 Å². The Balaban J connectivity index is 1.31. The first-order chi connectivity index (χ1) is 20.9. The standard InChI is InChI=1S/C34H35FN2O6/c1-40-30-15-22-13-14-36(19-23(22)16-31(30)41-2)34(39)37-25-10-12-28(37)32(33(38)42-3)27(18-25)26-11-9-24(35)17-29(26)43-20-21-7-5-4-6-8-21/h4-9,11,15-17,25,28H,10,12-14,18-20H2,1-3H3/t25-,28+/m0/s1. The van der Waals surface area contributed by atoms with Gasteiger partial charge in [-0.2, -0.15) is 0 Å². The molecule has 1 saturated heterocycles. The number of urea groups is 1. The molecule has 0 spiro atoms. The van der Waals surface area contributed by atoms with E-state index in [1.54, 1.807) is 20.3 Å². The highest BCUT2D eigenvalue weighted by Crippen LogP contribution is 2.46. The molecule has 9 heteroatoms. The van der Waals surface area contributed by atoms with Gasteiger partial charge < -0.3 is 28.7 Å². The van der Waals surface area contributed by atoms with Crippen molar-refractivity contribution >= 4 is 17.6 Å². The van der Waals surface area contributed by atoms with E-state index in [9.17, 15) is 14.0 Å². The number of amides is 2. The van der Waals surface area contributed by atoms with Crippen molar-refractivity contribution in [2.24, 2.45) is 0 Å². The maximum absolute atomic E-state index is 14.4. The number of hydrogen-bond acceptors (Lipinski definition) is 6. The molecule has 224 valence electrons. The van der Waals surface area contributed by atoms with E-state index < -0.39 is 17.8 Å². The average Bonchev–Trinajstić information content (AvgIpc) is 3.35. The highest BCUT2D eigenvalue weighted by molar-refractivity contribution is 6.01. The number of rotatable bonds is 7. The maximum Gasteiger partial charge on any atom is 0.336 e. The molecule has 2 amide bonds. The van der Waals surface area contributed by atoms with Crippen LogP contribution in [0.15, 0.2) is 66.2 Å². The molecule has 0 unspecified atom stereocenters. The van der Waals surface area contributed by atoms with Gasteiger partial charge in [-0.1, -0.05) is 30.3 Å². The molecule has 8 nitrogen and oxygen atoms in total. The van der Waals surface area contributed by atoms with Crippen molar-refractivity contribution < 1.29 is 32.9 Å². The van der Waals surface area contributed by atoms with Gasteiger partial charge >= 0.3 is 12.0 Å². The van der Waals surface area contributed by atoms with Crippen LogP contribution in [-0.4, -0.2) is 61.8 Å². The number of ether oxygens (including phenoxy) is 4. The van der Waals surface area contributed by atoms with E-state index in [0.29, 0.717) is 60.7 Å². The van der Waals surface area contributed by atoms with Crippen molar-refractivity contribution in [2.75, 3.05) is 27.9 Å². The molecule has 0 N–H and O–H groups in total. The number of esters is 1. The molecule has 0 aliphatic carbocycles. The number of nitrogens with zero attached hydrogens (tertiary/aromatic N) is 2. The van der Waals surface area contributed by atoms with Crippen molar-refractivity contribution in [3.8, 4) is 17.2 Å². The third-order valence-electron chi connectivity index (χ3n) is 8.72. The van der Waals surface area contributed by atoms with E-state index in [-0.39, 0.29) is 18.7 Å². The predicted octanol–water partition coefficient (Wildman–Crippen LogP) is 5.76. The van der Waals surface area contributed by atoms with Gasteiger partial charge in [0, 0.05) is 30.8 Å². The Bertz CT molecular complexity index is 1570. The Labute approximate surface area is 250 Å². The zero-order chi connectivity index (χ0) is 30.1. The molecular weight excluding hydrogens is 551 g/mol. The number of carbonyl (C=O) groups is 2. The van der Waals surface area contributed by atoms with Crippen molar-refractivity contribution in [3.63, 3.8) is 0 Å². The summed E-state index contributed by atoms with van der Waals surface area (Å²) < 4.78 is 36.8. The first-order valence-electron chi connectivity index (χ1n) is 14.5. The van der Waals surface area contributed by atoms with Gasteiger partial charge in [-0.25, -0.2) is 14.0 Å². The third-order valence-corrected chi connectivity index (χ3v) is 8.72. The fourth-order valence-electron chi connectivity index (χ4n) is 6.64. The lowest BCUT2D eigenvalue weighted by Gasteiger charge is -2.41. The largest absolute Gasteiger partial charge is 0.493 e. The summed E-state index contributed by atoms with van der Waals surface area (Å²) in [5, 5.41) is 0. The van der Waals surface area contributed by atoms with Crippen molar-refractivity contribution in [1.29, 1.82) is 0 Å². The summed E-state index contributed by atoms with van der Waals surface area (Å²) in [6, 6.07) is 17.3. The summed E-state index contributed by atoms with van der Waals surface area (Å²) >= 11 is 0. The molecule has 3 heterocycles. The van der Waals surface area contributed by atoms with Gasteiger partial charge in [-0.3, -0.25) is 0 Å². The molecule has 3 aliphatic rings. The Morgan fingerprint density at radius 2 is 1.65 bits per heavy atom. The molecule has 0 aromatic heterocycles. The minimum atomic E-state index is -0.489. The van der Waals surface area contributed by atoms with Crippen LogP contribution in [0.2, 0.25) is 0 Å². The fourth-order valence-corrected chi connectivity index (χ4v) is 6.64. The monoisotopic (exact) mass is 586 g/mol. The van der Waals surface area contributed by atoms with E-state index in [4.69, 9.17) is 18.9 Å². The average molecular weight is 587 g/mol. The van der Waals surface area contributed by atoms with Crippen LogP contribution in [0, 0.1) is 5.82 Å². The topological polar surface area (TPSA) is 77.5 Å². The van der Waals surface area contributed by atoms with Gasteiger partial charge in [0.1, 0.15) is 18.2 Å². The second-order valence-electron chi connectivity index (χ2n) is 11.1. The number of fused-ring (bicyclic) bond motifs is 3. The van der Waals surface area contributed by atoms with Crippen LogP contribution in [-0.2, 0) is 29.1 Å². The Kier molecular flexibility index (Phi) is 7.97. The molecule has 0 radical (unpaired) electrons. The Morgan fingerprint density at radius 3 is 2.37 bits per heavy atom. The van der Waals surface area contributed by atoms with Gasteiger partial charge in [0.2, 0.25) is 0 Å². The zero-order valence-corrected chi connectivity index (χ0v) is 24.6. The molecule has 3 aromatic carbocycles. The van der Waals surface area contributed by atoms with E-state index in [1.807, 2.05) is 52.3 Å². The lowest BCUT2D eigenvalue weighted by molar-refractivity contribution is -0.136. The second-order valence-corrected chi connectivity index (χ2v) is 11.1.